The topological polar surface area (TPSA) is 38.7 Å². The second kappa shape index (κ2) is 5.01. The molecule has 1 aromatic rings. The second-order valence-corrected chi connectivity index (χ2v) is 6.64. The van der Waals surface area contributed by atoms with E-state index >= 15 is 0 Å². The molecule has 0 spiro atoms. The maximum absolute atomic E-state index is 14.0. The third-order valence-electron chi connectivity index (χ3n) is 3.70. The van der Waals surface area contributed by atoms with Crippen LogP contribution >= 0.6 is 0 Å². The summed E-state index contributed by atoms with van der Waals surface area (Å²) in [5.74, 6) is -0.252. The van der Waals surface area contributed by atoms with Crippen molar-refractivity contribution < 1.29 is 19.0 Å². The van der Waals surface area contributed by atoms with E-state index < -0.39 is 17.5 Å². The lowest BCUT2D eigenvalue weighted by Gasteiger charge is -2.27. The number of hydrogen-bond acceptors (Lipinski definition) is 3. The highest BCUT2D eigenvalue weighted by atomic mass is 19.1. The quantitative estimate of drug-likeness (QED) is 0.920. The largest absolute Gasteiger partial charge is 0.484 e. The van der Waals surface area contributed by atoms with Gasteiger partial charge < -0.3 is 14.6 Å². The molecule has 2 rings (SSSR count). The molecule has 112 valence electrons. The highest BCUT2D eigenvalue weighted by molar-refractivity contribution is 5.30. The van der Waals surface area contributed by atoms with Gasteiger partial charge in [-0.15, -0.1) is 0 Å². The Morgan fingerprint density at radius 3 is 2.45 bits per heavy atom. The Morgan fingerprint density at radius 1 is 1.35 bits per heavy atom. The van der Waals surface area contributed by atoms with Crippen LogP contribution in [-0.4, -0.2) is 22.4 Å². The van der Waals surface area contributed by atoms with E-state index in [-0.39, 0.29) is 17.5 Å². The minimum absolute atomic E-state index is 0.203. The van der Waals surface area contributed by atoms with Gasteiger partial charge in [0.15, 0.2) is 11.6 Å². The van der Waals surface area contributed by atoms with Gasteiger partial charge in [0.1, 0.15) is 11.7 Å². The van der Waals surface area contributed by atoms with Crippen LogP contribution in [0.15, 0.2) is 18.2 Å². The minimum atomic E-state index is -0.691. The summed E-state index contributed by atoms with van der Waals surface area (Å²) in [4.78, 5) is 0. The van der Waals surface area contributed by atoms with Crippen LogP contribution in [0.4, 0.5) is 4.39 Å². The minimum Gasteiger partial charge on any atom is -0.484 e. The Balaban J connectivity index is 2.18. The number of benzene rings is 1. The van der Waals surface area contributed by atoms with E-state index in [1.54, 1.807) is 19.1 Å². The van der Waals surface area contributed by atoms with Gasteiger partial charge in [-0.05, 0) is 52.3 Å². The fourth-order valence-electron chi connectivity index (χ4n) is 2.72. The van der Waals surface area contributed by atoms with Crippen LogP contribution in [0.1, 0.15) is 52.7 Å². The first-order valence-corrected chi connectivity index (χ1v) is 6.95. The molecule has 1 saturated heterocycles. The van der Waals surface area contributed by atoms with Crippen LogP contribution in [0.25, 0.3) is 0 Å². The second-order valence-electron chi connectivity index (χ2n) is 6.64. The molecule has 20 heavy (non-hydrogen) atoms. The molecule has 1 heterocycles. The number of aliphatic hydroxyl groups is 1. The molecule has 1 unspecified atom stereocenters. The first-order chi connectivity index (χ1) is 9.11. The van der Waals surface area contributed by atoms with Gasteiger partial charge in [0.05, 0.1) is 11.7 Å². The summed E-state index contributed by atoms with van der Waals surface area (Å²) in [6.07, 6.45) is -0.189. The highest BCUT2D eigenvalue weighted by Crippen LogP contribution is 2.40. The summed E-state index contributed by atoms with van der Waals surface area (Å²) in [6, 6.07) is 4.56. The van der Waals surface area contributed by atoms with Gasteiger partial charge in [-0.3, -0.25) is 0 Å². The van der Waals surface area contributed by atoms with Crippen molar-refractivity contribution in [1.29, 1.82) is 0 Å². The van der Waals surface area contributed by atoms with Crippen molar-refractivity contribution in [2.24, 2.45) is 0 Å². The average molecular weight is 282 g/mol. The molecule has 0 aromatic heterocycles. The molecule has 0 radical (unpaired) electrons. The Labute approximate surface area is 119 Å². The molecule has 4 heteroatoms. The van der Waals surface area contributed by atoms with Crippen LogP contribution in [0.3, 0.4) is 0 Å². The summed E-state index contributed by atoms with van der Waals surface area (Å²) in [6.45, 7) is 9.52. The zero-order valence-corrected chi connectivity index (χ0v) is 12.7. The molecule has 1 aromatic carbocycles. The number of halogens is 1. The molecule has 1 N–H and O–H groups in total. The number of rotatable bonds is 3. The van der Waals surface area contributed by atoms with Crippen molar-refractivity contribution in [3.63, 3.8) is 0 Å². The maximum Gasteiger partial charge on any atom is 0.165 e. The molecular formula is C16H23FO3. The standard InChI is InChI=1S/C16H23FO3/c1-10(18)11-6-7-13(12(17)8-11)19-14-9-15(2,3)20-16(14,4)5/h6-8,10,14,18H,9H2,1-5H3/t10-,14?/m0/s1. The lowest BCUT2D eigenvalue weighted by atomic mass is 9.97. The SMILES string of the molecule is C[C@H](O)c1ccc(OC2CC(C)(C)OC2(C)C)c(F)c1. The first-order valence-electron chi connectivity index (χ1n) is 6.95. The van der Waals surface area contributed by atoms with Gasteiger partial charge in [0, 0.05) is 6.42 Å². The summed E-state index contributed by atoms with van der Waals surface area (Å²) >= 11 is 0. The fourth-order valence-corrected chi connectivity index (χ4v) is 2.72. The zero-order valence-electron chi connectivity index (χ0n) is 12.7. The van der Waals surface area contributed by atoms with Gasteiger partial charge in [0.2, 0.25) is 0 Å². The average Bonchev–Trinajstić information content (AvgIpc) is 2.49. The van der Waals surface area contributed by atoms with E-state index in [4.69, 9.17) is 9.47 Å². The van der Waals surface area contributed by atoms with Crippen LogP contribution in [-0.2, 0) is 4.74 Å². The molecule has 1 fully saturated rings. The predicted molar refractivity (Wildman–Crippen MR) is 75.3 cm³/mol. The van der Waals surface area contributed by atoms with Gasteiger partial charge in [-0.1, -0.05) is 6.07 Å². The van der Waals surface area contributed by atoms with Gasteiger partial charge in [0.25, 0.3) is 0 Å². The molecule has 2 atom stereocenters. The maximum atomic E-state index is 14.0. The first kappa shape index (κ1) is 15.3. The monoisotopic (exact) mass is 282 g/mol. The normalized spacial score (nSPS) is 25.4. The molecule has 0 amide bonds. The van der Waals surface area contributed by atoms with Crippen LogP contribution in [0.5, 0.6) is 5.75 Å². The number of aliphatic hydroxyl groups excluding tert-OH is 1. The Hall–Kier alpha value is -1.13. The van der Waals surface area contributed by atoms with E-state index in [2.05, 4.69) is 0 Å². The third kappa shape index (κ3) is 3.13. The Bertz CT molecular complexity index is 494. The van der Waals surface area contributed by atoms with Crippen molar-refractivity contribution in [1.82, 2.24) is 0 Å². The van der Waals surface area contributed by atoms with E-state index in [9.17, 15) is 9.50 Å². The van der Waals surface area contributed by atoms with Crippen molar-refractivity contribution in [2.75, 3.05) is 0 Å². The van der Waals surface area contributed by atoms with Crippen LogP contribution in [0, 0.1) is 5.82 Å². The van der Waals surface area contributed by atoms with E-state index in [1.807, 2.05) is 27.7 Å². The van der Waals surface area contributed by atoms with Crippen LogP contribution < -0.4 is 4.74 Å². The summed E-state index contributed by atoms with van der Waals surface area (Å²) < 4.78 is 25.8. The molecule has 0 saturated carbocycles. The lowest BCUT2D eigenvalue weighted by Crippen LogP contribution is -2.36. The molecule has 0 bridgehead atoms. The van der Waals surface area contributed by atoms with Crippen molar-refractivity contribution in [2.45, 2.75) is 64.4 Å². The molecule has 1 aliphatic rings. The molecule has 1 aliphatic heterocycles. The van der Waals surface area contributed by atoms with Gasteiger partial charge >= 0.3 is 0 Å². The molecule has 0 aliphatic carbocycles. The molecule has 3 nitrogen and oxygen atoms in total. The van der Waals surface area contributed by atoms with E-state index in [1.165, 1.54) is 6.07 Å². The Kier molecular flexibility index (Phi) is 3.82. The highest BCUT2D eigenvalue weighted by Gasteiger charge is 2.47. The van der Waals surface area contributed by atoms with Gasteiger partial charge in [-0.25, -0.2) is 4.39 Å². The summed E-state index contributed by atoms with van der Waals surface area (Å²) in [5, 5.41) is 9.45. The number of hydrogen-bond donors (Lipinski definition) is 1. The predicted octanol–water partition coefficient (Wildman–Crippen LogP) is 3.60. The number of ether oxygens (including phenoxy) is 2. The van der Waals surface area contributed by atoms with Crippen LogP contribution in [0.2, 0.25) is 0 Å². The Morgan fingerprint density at radius 2 is 2.00 bits per heavy atom. The smallest absolute Gasteiger partial charge is 0.165 e. The van der Waals surface area contributed by atoms with E-state index in [0.29, 0.717) is 12.0 Å². The van der Waals surface area contributed by atoms with Crippen molar-refractivity contribution in [3.05, 3.63) is 29.6 Å². The van der Waals surface area contributed by atoms with Crippen molar-refractivity contribution >= 4 is 0 Å². The van der Waals surface area contributed by atoms with Gasteiger partial charge in [-0.2, -0.15) is 0 Å². The van der Waals surface area contributed by atoms with Crippen molar-refractivity contribution in [3.8, 4) is 5.75 Å². The summed E-state index contributed by atoms with van der Waals surface area (Å²) in [7, 11) is 0. The molecular weight excluding hydrogens is 259 g/mol. The third-order valence-corrected chi connectivity index (χ3v) is 3.70. The van der Waals surface area contributed by atoms with E-state index in [0.717, 1.165) is 0 Å². The zero-order chi connectivity index (χ0) is 15.1. The summed E-state index contributed by atoms with van der Waals surface area (Å²) in [5.41, 5.74) is -0.194. The lowest BCUT2D eigenvalue weighted by molar-refractivity contribution is -0.0849. The fraction of sp³-hybridized carbons (Fsp3) is 0.625.